The summed E-state index contributed by atoms with van der Waals surface area (Å²) in [5.74, 6) is 0.661. The molecule has 0 atom stereocenters. The van der Waals surface area contributed by atoms with Gasteiger partial charge in [-0.2, -0.15) is 5.10 Å². The Morgan fingerprint density at radius 1 is 0.880 bits per heavy atom. The lowest BCUT2D eigenvalue weighted by molar-refractivity contribution is 0.882. The Kier molecular flexibility index (Phi) is 3.05. The van der Waals surface area contributed by atoms with Crippen LogP contribution in [-0.4, -0.2) is 29.4 Å². The molecule has 0 aliphatic rings. The summed E-state index contributed by atoms with van der Waals surface area (Å²) in [5.41, 5.74) is 3.30. The highest BCUT2D eigenvalue weighted by molar-refractivity contribution is 6.30. The molecule has 120 valence electrons. The Morgan fingerprint density at radius 2 is 1.68 bits per heavy atom. The first kappa shape index (κ1) is 14.1. The van der Waals surface area contributed by atoms with Crippen LogP contribution in [0.15, 0.2) is 67.1 Å². The fraction of sp³-hybridized carbons (Fsp3) is 0. The van der Waals surface area contributed by atoms with Gasteiger partial charge in [-0.3, -0.25) is 0 Å². The molecule has 0 amide bonds. The lowest BCUT2D eigenvalue weighted by atomic mass is 10.2. The van der Waals surface area contributed by atoms with Crippen molar-refractivity contribution in [2.75, 3.05) is 0 Å². The molecule has 0 spiro atoms. The van der Waals surface area contributed by atoms with Crippen LogP contribution < -0.4 is 0 Å². The molecule has 0 unspecified atom stereocenters. The van der Waals surface area contributed by atoms with Crippen molar-refractivity contribution in [1.82, 2.24) is 29.4 Å². The third kappa shape index (κ3) is 2.27. The molecule has 0 saturated carbocycles. The SMILES string of the molecule is Clc1ccc(-n2ncc3c2ncn2nc(-c4ccccc4)nc32)cc1. The van der Waals surface area contributed by atoms with Gasteiger partial charge in [-0.05, 0) is 24.3 Å². The fourth-order valence-electron chi connectivity index (χ4n) is 2.80. The van der Waals surface area contributed by atoms with Crippen LogP contribution in [0.25, 0.3) is 33.8 Å². The summed E-state index contributed by atoms with van der Waals surface area (Å²) in [4.78, 5) is 9.17. The number of nitrogens with zero attached hydrogens (tertiary/aromatic N) is 6. The Hall–Kier alpha value is -3.25. The number of hydrogen-bond donors (Lipinski definition) is 0. The Balaban J connectivity index is 1.71. The molecule has 3 heterocycles. The molecule has 0 N–H and O–H groups in total. The van der Waals surface area contributed by atoms with Crippen molar-refractivity contribution >= 4 is 28.3 Å². The monoisotopic (exact) mass is 346 g/mol. The smallest absolute Gasteiger partial charge is 0.182 e. The maximum absolute atomic E-state index is 5.96. The third-order valence-electron chi connectivity index (χ3n) is 4.01. The molecule has 5 rings (SSSR count). The number of aromatic nitrogens is 6. The van der Waals surface area contributed by atoms with Crippen molar-refractivity contribution < 1.29 is 0 Å². The molecule has 3 aromatic heterocycles. The average molecular weight is 347 g/mol. The van der Waals surface area contributed by atoms with Crippen molar-refractivity contribution in [3.63, 3.8) is 0 Å². The summed E-state index contributed by atoms with van der Waals surface area (Å²) in [6.45, 7) is 0. The van der Waals surface area contributed by atoms with Crippen LogP contribution in [-0.2, 0) is 0 Å². The van der Waals surface area contributed by atoms with E-state index in [0.717, 1.165) is 27.9 Å². The molecule has 6 nitrogen and oxygen atoms in total. The number of benzene rings is 2. The zero-order valence-corrected chi connectivity index (χ0v) is 13.7. The Morgan fingerprint density at radius 3 is 2.48 bits per heavy atom. The van der Waals surface area contributed by atoms with Crippen molar-refractivity contribution in [1.29, 1.82) is 0 Å². The van der Waals surface area contributed by atoms with Gasteiger partial charge in [0.15, 0.2) is 17.1 Å². The van der Waals surface area contributed by atoms with Crippen LogP contribution >= 0.6 is 11.6 Å². The second-order valence-corrected chi connectivity index (χ2v) is 6.02. The normalized spacial score (nSPS) is 11.4. The van der Waals surface area contributed by atoms with E-state index in [1.54, 1.807) is 21.7 Å². The van der Waals surface area contributed by atoms with Gasteiger partial charge in [-0.15, -0.1) is 5.10 Å². The second kappa shape index (κ2) is 5.39. The van der Waals surface area contributed by atoms with Crippen LogP contribution in [0.1, 0.15) is 0 Å². The van der Waals surface area contributed by atoms with E-state index in [1.807, 2.05) is 54.6 Å². The lowest BCUT2D eigenvalue weighted by Crippen LogP contribution is -1.98. The number of rotatable bonds is 2. The number of halogens is 1. The summed E-state index contributed by atoms with van der Waals surface area (Å²) < 4.78 is 3.45. The molecule has 25 heavy (non-hydrogen) atoms. The zero-order valence-electron chi connectivity index (χ0n) is 12.9. The third-order valence-corrected chi connectivity index (χ3v) is 4.26. The van der Waals surface area contributed by atoms with Crippen molar-refractivity contribution in [2.45, 2.75) is 0 Å². The Labute approximate surface area is 147 Å². The van der Waals surface area contributed by atoms with Gasteiger partial charge in [0.25, 0.3) is 0 Å². The molecular weight excluding hydrogens is 336 g/mol. The highest BCUT2D eigenvalue weighted by atomic mass is 35.5. The van der Waals surface area contributed by atoms with E-state index in [9.17, 15) is 0 Å². The van der Waals surface area contributed by atoms with Gasteiger partial charge in [0.2, 0.25) is 0 Å². The Bertz CT molecular complexity index is 1190. The molecule has 5 aromatic rings. The van der Waals surface area contributed by atoms with Gasteiger partial charge < -0.3 is 0 Å². The highest BCUT2D eigenvalue weighted by Gasteiger charge is 2.14. The highest BCUT2D eigenvalue weighted by Crippen LogP contribution is 2.23. The topological polar surface area (TPSA) is 60.9 Å². The van der Waals surface area contributed by atoms with Gasteiger partial charge in [0, 0.05) is 10.6 Å². The van der Waals surface area contributed by atoms with Crippen molar-refractivity contribution in [3.8, 4) is 17.1 Å². The van der Waals surface area contributed by atoms with Gasteiger partial charge in [0.05, 0.1) is 17.3 Å². The fourth-order valence-corrected chi connectivity index (χ4v) is 2.93. The first-order valence-electron chi connectivity index (χ1n) is 7.70. The largest absolute Gasteiger partial charge is 0.216 e. The molecule has 0 radical (unpaired) electrons. The first-order chi connectivity index (χ1) is 12.3. The summed E-state index contributed by atoms with van der Waals surface area (Å²) in [5, 5.41) is 10.5. The minimum Gasteiger partial charge on any atom is -0.216 e. The van der Waals surface area contributed by atoms with Gasteiger partial charge in [-0.1, -0.05) is 41.9 Å². The van der Waals surface area contributed by atoms with Gasteiger partial charge in [-0.25, -0.2) is 19.2 Å². The maximum atomic E-state index is 5.96. The predicted molar refractivity (Wildman–Crippen MR) is 95.9 cm³/mol. The van der Waals surface area contributed by atoms with Crippen LogP contribution in [0.2, 0.25) is 5.02 Å². The standard InChI is InChI=1S/C18H11ClN6/c19-13-6-8-14(9-7-13)25-17-15(10-21-25)18-22-16(23-24(18)11-20-17)12-4-2-1-3-5-12/h1-11H. The molecule has 7 heteroatoms. The summed E-state index contributed by atoms with van der Waals surface area (Å²) >= 11 is 5.96. The van der Waals surface area contributed by atoms with E-state index in [-0.39, 0.29) is 0 Å². The summed E-state index contributed by atoms with van der Waals surface area (Å²) in [6.07, 6.45) is 3.42. The average Bonchev–Trinajstić information content (AvgIpc) is 3.27. The van der Waals surface area contributed by atoms with Gasteiger partial charge >= 0.3 is 0 Å². The van der Waals surface area contributed by atoms with Gasteiger partial charge in [0.1, 0.15) is 6.33 Å². The van der Waals surface area contributed by atoms with E-state index in [4.69, 9.17) is 11.6 Å². The number of fused-ring (bicyclic) bond motifs is 3. The minimum atomic E-state index is 0.661. The maximum Gasteiger partial charge on any atom is 0.182 e. The van der Waals surface area contributed by atoms with E-state index < -0.39 is 0 Å². The molecule has 0 bridgehead atoms. The van der Waals surface area contributed by atoms with Crippen molar-refractivity contribution in [3.05, 3.63) is 72.1 Å². The van der Waals surface area contributed by atoms with E-state index >= 15 is 0 Å². The van der Waals surface area contributed by atoms with E-state index in [2.05, 4.69) is 20.2 Å². The van der Waals surface area contributed by atoms with E-state index in [1.165, 1.54) is 0 Å². The molecule has 0 fully saturated rings. The van der Waals surface area contributed by atoms with Crippen LogP contribution in [0, 0.1) is 0 Å². The van der Waals surface area contributed by atoms with Crippen LogP contribution in [0.4, 0.5) is 0 Å². The van der Waals surface area contributed by atoms with Crippen LogP contribution in [0.5, 0.6) is 0 Å². The second-order valence-electron chi connectivity index (χ2n) is 5.58. The molecule has 0 saturated heterocycles. The molecular formula is C18H11ClN6. The number of hydrogen-bond acceptors (Lipinski definition) is 4. The van der Waals surface area contributed by atoms with E-state index in [0.29, 0.717) is 10.8 Å². The quantitative estimate of drug-likeness (QED) is 0.488. The molecule has 0 aliphatic heterocycles. The zero-order chi connectivity index (χ0) is 16.8. The molecule has 2 aromatic carbocycles. The lowest BCUT2D eigenvalue weighted by Gasteiger charge is -2.02. The predicted octanol–water partition coefficient (Wildman–Crippen LogP) is 3.78. The summed E-state index contributed by atoms with van der Waals surface area (Å²) in [6, 6.07) is 17.3. The minimum absolute atomic E-state index is 0.661. The van der Waals surface area contributed by atoms with Crippen LogP contribution in [0.3, 0.4) is 0 Å². The summed E-state index contributed by atoms with van der Waals surface area (Å²) in [7, 11) is 0. The molecule has 0 aliphatic carbocycles. The van der Waals surface area contributed by atoms with Crippen molar-refractivity contribution in [2.24, 2.45) is 0 Å². The first-order valence-corrected chi connectivity index (χ1v) is 8.08.